The summed E-state index contributed by atoms with van der Waals surface area (Å²) in [6, 6.07) is 0. The zero-order valence-electron chi connectivity index (χ0n) is 23.2. The average Bonchev–Trinajstić information content (AvgIpc) is 3.12. The summed E-state index contributed by atoms with van der Waals surface area (Å²) in [6.07, 6.45) is 11.5. The van der Waals surface area contributed by atoms with Gasteiger partial charge in [0.25, 0.3) is 0 Å². The molecule has 0 N–H and O–H groups in total. The Balaban J connectivity index is 0.000000860. The van der Waals surface area contributed by atoms with E-state index in [-0.39, 0.29) is 0 Å². The van der Waals surface area contributed by atoms with E-state index in [1.54, 1.807) is 5.57 Å². The highest BCUT2D eigenvalue weighted by Crippen LogP contribution is 2.70. The zero-order chi connectivity index (χ0) is 24.5. The van der Waals surface area contributed by atoms with Crippen LogP contribution in [-0.4, -0.2) is 0 Å². The molecular formula is C32H54. The molecule has 0 heterocycles. The molecule has 0 aliphatic heterocycles. The van der Waals surface area contributed by atoms with Gasteiger partial charge in [0.15, 0.2) is 0 Å². The van der Waals surface area contributed by atoms with Crippen LogP contribution in [-0.2, 0) is 0 Å². The molecule has 0 nitrogen and oxygen atoms in total. The molecule has 4 aliphatic rings. The summed E-state index contributed by atoms with van der Waals surface area (Å²) in [6.45, 7) is 34.0. The predicted octanol–water partition coefficient (Wildman–Crippen LogP) is 10.5. The minimum atomic E-state index is 0.350. The van der Waals surface area contributed by atoms with Crippen LogP contribution in [0.5, 0.6) is 0 Å². The lowest BCUT2D eigenvalue weighted by Gasteiger charge is -2.61. The van der Waals surface area contributed by atoms with Gasteiger partial charge in [-0.3, -0.25) is 0 Å². The number of allylic oxidation sites excluding steroid dienone is 5. The number of hydrogen-bond donors (Lipinski definition) is 0. The Hall–Kier alpha value is -1.04. The molecule has 5 atom stereocenters. The molecule has 2 bridgehead atoms. The first-order valence-corrected chi connectivity index (χ1v) is 13.8. The van der Waals surface area contributed by atoms with Gasteiger partial charge in [-0.15, -0.1) is 0 Å². The van der Waals surface area contributed by atoms with Crippen LogP contribution in [0.25, 0.3) is 0 Å². The summed E-state index contributed by atoms with van der Waals surface area (Å²) in [5.41, 5.74) is 8.73. The van der Waals surface area contributed by atoms with Crippen LogP contribution < -0.4 is 0 Å². The summed E-state index contributed by atoms with van der Waals surface area (Å²) in [4.78, 5) is 0. The standard InChI is InChI=1S/C28H42.2C2H6/c1-9-18(2)16-21-10-11-23-25-22-17-26(5,6)28(8,15-12-19(3)20(22)4)24(25)13-14-27(21,23)7;2*1-2/h21,23-24H,2-4,9-17H2,1,5-8H3;2*1-2H3. The Kier molecular flexibility index (Phi) is 8.56. The number of fused-ring (bicyclic) bond motifs is 7. The SMILES string of the molecule is C=C(CC)CC1CCC2C3=C4CC(C)(C)C(C)(CCC(=C)C4=C)C3CCC12C.CC.CC. The van der Waals surface area contributed by atoms with E-state index in [9.17, 15) is 0 Å². The van der Waals surface area contributed by atoms with Gasteiger partial charge >= 0.3 is 0 Å². The largest absolute Gasteiger partial charge is 0.0999 e. The highest BCUT2D eigenvalue weighted by molar-refractivity contribution is 5.52. The summed E-state index contributed by atoms with van der Waals surface area (Å²) in [5, 5.41) is 0. The van der Waals surface area contributed by atoms with E-state index in [1.807, 2.05) is 33.3 Å². The maximum absolute atomic E-state index is 4.60. The lowest BCUT2D eigenvalue weighted by molar-refractivity contribution is -0.0299. The first kappa shape index (κ1) is 27.2. The Morgan fingerprint density at radius 3 is 2.12 bits per heavy atom. The third-order valence-electron chi connectivity index (χ3n) is 10.3. The van der Waals surface area contributed by atoms with Crippen molar-refractivity contribution in [2.24, 2.45) is 34.0 Å². The molecule has 0 aromatic rings. The van der Waals surface area contributed by atoms with Crippen molar-refractivity contribution in [3.05, 3.63) is 47.6 Å². The van der Waals surface area contributed by atoms with Gasteiger partial charge in [-0.2, -0.15) is 0 Å². The quantitative estimate of drug-likeness (QED) is 0.384. The van der Waals surface area contributed by atoms with Crippen LogP contribution in [0.4, 0.5) is 0 Å². The van der Waals surface area contributed by atoms with Crippen molar-refractivity contribution in [3.63, 3.8) is 0 Å². The molecule has 182 valence electrons. The monoisotopic (exact) mass is 438 g/mol. The van der Waals surface area contributed by atoms with Crippen molar-refractivity contribution < 1.29 is 0 Å². The molecule has 3 fully saturated rings. The van der Waals surface area contributed by atoms with E-state index in [0.717, 1.165) is 30.6 Å². The van der Waals surface area contributed by atoms with E-state index in [0.29, 0.717) is 16.2 Å². The molecule has 4 aliphatic carbocycles. The fourth-order valence-electron chi connectivity index (χ4n) is 7.75. The molecular weight excluding hydrogens is 384 g/mol. The maximum Gasteiger partial charge on any atom is -0.0135 e. The normalized spacial score (nSPS) is 37.2. The van der Waals surface area contributed by atoms with Gasteiger partial charge in [0.2, 0.25) is 0 Å². The number of hydrogen-bond acceptors (Lipinski definition) is 0. The Bertz CT molecular complexity index is 759. The number of rotatable bonds is 3. The van der Waals surface area contributed by atoms with Gasteiger partial charge in [0.05, 0.1) is 0 Å². The summed E-state index contributed by atoms with van der Waals surface area (Å²) < 4.78 is 0. The topological polar surface area (TPSA) is 0 Å². The van der Waals surface area contributed by atoms with Crippen LogP contribution in [0, 0.1) is 34.0 Å². The molecule has 4 rings (SSSR count). The minimum absolute atomic E-state index is 0.350. The second-order valence-corrected chi connectivity index (χ2v) is 11.7. The summed E-state index contributed by atoms with van der Waals surface area (Å²) in [5.74, 6) is 2.33. The third-order valence-corrected chi connectivity index (χ3v) is 10.3. The van der Waals surface area contributed by atoms with Gasteiger partial charge in [-0.25, -0.2) is 0 Å². The van der Waals surface area contributed by atoms with Gasteiger partial charge in [-0.05, 0) is 109 Å². The second kappa shape index (κ2) is 10.1. The van der Waals surface area contributed by atoms with Crippen LogP contribution >= 0.6 is 0 Å². The minimum Gasteiger partial charge on any atom is -0.0999 e. The van der Waals surface area contributed by atoms with Gasteiger partial charge < -0.3 is 0 Å². The van der Waals surface area contributed by atoms with Crippen LogP contribution in [0.2, 0.25) is 0 Å². The lowest BCUT2D eigenvalue weighted by atomic mass is 9.43. The average molecular weight is 439 g/mol. The van der Waals surface area contributed by atoms with Crippen molar-refractivity contribution in [2.75, 3.05) is 0 Å². The molecule has 0 saturated heterocycles. The first-order valence-electron chi connectivity index (χ1n) is 13.8. The van der Waals surface area contributed by atoms with E-state index in [2.05, 4.69) is 54.4 Å². The van der Waals surface area contributed by atoms with Gasteiger partial charge in [0, 0.05) is 0 Å². The second-order valence-electron chi connectivity index (χ2n) is 11.7. The third kappa shape index (κ3) is 4.14. The smallest absolute Gasteiger partial charge is 0.0135 e. The lowest BCUT2D eigenvalue weighted by Crippen LogP contribution is -2.52. The van der Waals surface area contributed by atoms with E-state index < -0.39 is 0 Å². The zero-order valence-corrected chi connectivity index (χ0v) is 23.2. The molecule has 0 amide bonds. The molecule has 0 heteroatoms. The van der Waals surface area contributed by atoms with Crippen molar-refractivity contribution >= 4 is 0 Å². The van der Waals surface area contributed by atoms with Gasteiger partial charge in [-0.1, -0.05) is 93.2 Å². The van der Waals surface area contributed by atoms with Crippen molar-refractivity contribution in [1.82, 2.24) is 0 Å². The first-order chi connectivity index (χ1) is 15.0. The molecule has 32 heavy (non-hydrogen) atoms. The van der Waals surface area contributed by atoms with Crippen molar-refractivity contribution in [3.8, 4) is 0 Å². The van der Waals surface area contributed by atoms with Crippen molar-refractivity contribution in [2.45, 2.75) is 120 Å². The molecule has 0 spiro atoms. The highest BCUT2D eigenvalue weighted by atomic mass is 14.6. The fraction of sp³-hybridized carbons (Fsp3) is 0.750. The van der Waals surface area contributed by atoms with E-state index in [4.69, 9.17) is 0 Å². The molecule has 0 aromatic carbocycles. The highest BCUT2D eigenvalue weighted by Gasteiger charge is 2.60. The summed E-state index contributed by atoms with van der Waals surface area (Å²) >= 11 is 0. The maximum atomic E-state index is 4.60. The summed E-state index contributed by atoms with van der Waals surface area (Å²) in [7, 11) is 0. The molecule has 5 unspecified atom stereocenters. The predicted molar refractivity (Wildman–Crippen MR) is 145 cm³/mol. The Morgan fingerprint density at radius 1 is 0.906 bits per heavy atom. The Morgan fingerprint density at radius 2 is 1.53 bits per heavy atom. The van der Waals surface area contributed by atoms with E-state index in [1.165, 1.54) is 61.7 Å². The fourth-order valence-corrected chi connectivity index (χ4v) is 7.75. The molecule has 0 aromatic heterocycles. The molecule has 0 radical (unpaired) electrons. The molecule has 3 saturated carbocycles. The van der Waals surface area contributed by atoms with Gasteiger partial charge in [0.1, 0.15) is 0 Å². The van der Waals surface area contributed by atoms with E-state index >= 15 is 0 Å². The van der Waals surface area contributed by atoms with Crippen LogP contribution in [0.1, 0.15) is 120 Å². The van der Waals surface area contributed by atoms with Crippen molar-refractivity contribution in [1.29, 1.82) is 0 Å². The van der Waals surface area contributed by atoms with Crippen LogP contribution in [0.3, 0.4) is 0 Å². The van der Waals surface area contributed by atoms with Crippen LogP contribution in [0.15, 0.2) is 47.6 Å². The Labute approximate surface area is 201 Å².